The summed E-state index contributed by atoms with van der Waals surface area (Å²) in [6, 6.07) is 0. The first-order chi connectivity index (χ1) is 13.9. The predicted molar refractivity (Wildman–Crippen MR) is 121 cm³/mol. The van der Waals surface area contributed by atoms with Crippen LogP contribution in [0.25, 0.3) is 0 Å². The van der Waals surface area contributed by atoms with Crippen LogP contribution in [0.3, 0.4) is 0 Å². The van der Waals surface area contributed by atoms with Crippen LogP contribution in [0.2, 0.25) is 0 Å². The summed E-state index contributed by atoms with van der Waals surface area (Å²) in [5, 5.41) is 9.67. The molecule has 0 saturated heterocycles. The van der Waals surface area contributed by atoms with Crippen LogP contribution in [0, 0.1) is 46.8 Å². The summed E-state index contributed by atoms with van der Waals surface area (Å²) >= 11 is 0. The lowest BCUT2D eigenvalue weighted by Crippen LogP contribution is -2.40. The highest BCUT2D eigenvalue weighted by atomic mass is 16.5. The summed E-state index contributed by atoms with van der Waals surface area (Å²) in [6.07, 6.45) is 7.53. The summed E-state index contributed by atoms with van der Waals surface area (Å²) < 4.78 is 6.18. The molecule has 0 aromatic carbocycles. The van der Waals surface area contributed by atoms with E-state index in [4.69, 9.17) is 4.74 Å². The van der Waals surface area contributed by atoms with Crippen LogP contribution >= 0.6 is 0 Å². The second-order valence-corrected chi connectivity index (χ2v) is 11.9. The number of hydrogen-bond donors (Lipinski definition) is 1. The lowest BCUT2D eigenvalue weighted by Gasteiger charge is -2.40. The third-order valence-corrected chi connectivity index (χ3v) is 8.26. The number of carbonyl (C=O) groups excluding carboxylic acids is 1. The molecule has 4 heteroatoms. The number of rotatable bonds is 7. The fourth-order valence-electron chi connectivity index (χ4n) is 5.50. The molecule has 2 rings (SSSR count). The molecular formula is C26H46O4. The number of ether oxygens (including phenoxy) is 1. The van der Waals surface area contributed by atoms with Crippen molar-refractivity contribution in [3.05, 3.63) is 0 Å². The molecule has 2 aliphatic rings. The number of carbonyl (C=O) groups is 2. The van der Waals surface area contributed by atoms with Crippen molar-refractivity contribution in [3.63, 3.8) is 0 Å². The van der Waals surface area contributed by atoms with Crippen molar-refractivity contribution in [1.82, 2.24) is 0 Å². The van der Waals surface area contributed by atoms with Crippen LogP contribution in [0.4, 0.5) is 0 Å². The normalized spacial score (nSPS) is 32.5. The van der Waals surface area contributed by atoms with Gasteiger partial charge < -0.3 is 9.84 Å². The molecule has 2 aliphatic carbocycles. The van der Waals surface area contributed by atoms with Gasteiger partial charge in [0.1, 0.15) is 6.10 Å². The van der Waals surface area contributed by atoms with Gasteiger partial charge in [-0.05, 0) is 86.4 Å². The van der Waals surface area contributed by atoms with Gasteiger partial charge in [-0.15, -0.1) is 0 Å². The van der Waals surface area contributed by atoms with Gasteiger partial charge in [0.25, 0.3) is 0 Å². The maximum Gasteiger partial charge on any atom is 0.310 e. The zero-order valence-corrected chi connectivity index (χ0v) is 20.4. The predicted octanol–water partition coefficient (Wildman–Crippen LogP) is 6.57. The monoisotopic (exact) mass is 422 g/mol. The van der Waals surface area contributed by atoms with Gasteiger partial charge in [-0.2, -0.15) is 0 Å². The minimum atomic E-state index is -0.846. The second kappa shape index (κ2) is 10.5. The third-order valence-electron chi connectivity index (χ3n) is 8.26. The van der Waals surface area contributed by atoms with E-state index in [1.165, 1.54) is 12.8 Å². The molecule has 0 aliphatic heterocycles. The van der Waals surface area contributed by atoms with E-state index in [1.54, 1.807) is 0 Å². The Morgan fingerprint density at radius 3 is 2.07 bits per heavy atom. The van der Waals surface area contributed by atoms with Crippen molar-refractivity contribution in [2.24, 2.45) is 46.8 Å². The van der Waals surface area contributed by atoms with Crippen molar-refractivity contribution in [2.75, 3.05) is 0 Å². The average molecular weight is 423 g/mol. The largest absolute Gasteiger partial charge is 0.481 e. The molecule has 2 fully saturated rings. The smallest absolute Gasteiger partial charge is 0.310 e. The van der Waals surface area contributed by atoms with Crippen LogP contribution in [0.5, 0.6) is 0 Å². The van der Waals surface area contributed by atoms with Crippen LogP contribution in [0.15, 0.2) is 0 Å². The van der Waals surface area contributed by atoms with E-state index in [2.05, 4.69) is 48.5 Å². The second-order valence-electron chi connectivity index (χ2n) is 11.9. The summed E-state index contributed by atoms with van der Waals surface area (Å²) in [4.78, 5) is 25.0. The molecule has 0 heterocycles. The molecule has 174 valence electrons. The summed E-state index contributed by atoms with van der Waals surface area (Å²) in [7, 11) is 0. The molecule has 5 atom stereocenters. The Kier molecular flexibility index (Phi) is 8.82. The van der Waals surface area contributed by atoms with Crippen molar-refractivity contribution in [2.45, 2.75) is 106 Å². The molecule has 2 saturated carbocycles. The Balaban J connectivity index is 2.09. The lowest BCUT2D eigenvalue weighted by atomic mass is 9.68. The van der Waals surface area contributed by atoms with Gasteiger partial charge in [-0.25, -0.2) is 0 Å². The van der Waals surface area contributed by atoms with E-state index in [-0.39, 0.29) is 12.1 Å². The highest BCUT2D eigenvalue weighted by Crippen LogP contribution is 2.43. The van der Waals surface area contributed by atoms with E-state index in [9.17, 15) is 14.7 Å². The van der Waals surface area contributed by atoms with E-state index in [0.29, 0.717) is 41.9 Å². The maximum atomic E-state index is 13.2. The third kappa shape index (κ3) is 6.72. The van der Waals surface area contributed by atoms with E-state index >= 15 is 0 Å². The Morgan fingerprint density at radius 1 is 0.967 bits per heavy atom. The SMILES string of the molecule is CC1CCC(C(=O)OC(CC(C)C(C)C)C2CCC(C(C)(C)C)CC2)C(C(=O)O)C1. The molecule has 1 N–H and O–H groups in total. The first kappa shape index (κ1) is 25.2. The Bertz CT molecular complexity index is 568. The Hall–Kier alpha value is -1.06. The van der Waals surface area contributed by atoms with Gasteiger partial charge >= 0.3 is 11.9 Å². The number of hydrogen-bond acceptors (Lipinski definition) is 3. The standard InChI is InChI=1S/C26H46O4/c1-16(2)18(4)15-23(19-9-11-20(12-10-19)26(5,6)7)30-25(29)21-13-8-17(3)14-22(21)24(27)28/h16-23H,8-15H2,1-7H3,(H,27,28). The van der Waals surface area contributed by atoms with Gasteiger partial charge in [-0.3, -0.25) is 9.59 Å². The van der Waals surface area contributed by atoms with Gasteiger partial charge in [0.05, 0.1) is 11.8 Å². The topological polar surface area (TPSA) is 63.6 Å². The number of esters is 1. The molecule has 0 bridgehead atoms. The zero-order chi connectivity index (χ0) is 22.6. The Labute approximate surface area is 184 Å². The first-order valence-corrected chi connectivity index (χ1v) is 12.3. The van der Waals surface area contributed by atoms with E-state index < -0.39 is 17.8 Å². The number of carboxylic acid groups (broad SMARTS) is 1. The molecule has 5 unspecified atom stereocenters. The minimum Gasteiger partial charge on any atom is -0.481 e. The summed E-state index contributed by atoms with van der Waals surface area (Å²) in [5.41, 5.74) is 0.329. The first-order valence-electron chi connectivity index (χ1n) is 12.3. The van der Waals surface area contributed by atoms with Crippen molar-refractivity contribution in [3.8, 4) is 0 Å². The number of carboxylic acids is 1. The quantitative estimate of drug-likeness (QED) is 0.471. The number of aliphatic carboxylic acids is 1. The van der Waals surface area contributed by atoms with Crippen LogP contribution in [-0.2, 0) is 14.3 Å². The van der Waals surface area contributed by atoms with Crippen molar-refractivity contribution >= 4 is 11.9 Å². The highest BCUT2D eigenvalue weighted by Gasteiger charge is 2.41. The zero-order valence-electron chi connectivity index (χ0n) is 20.4. The fourth-order valence-corrected chi connectivity index (χ4v) is 5.50. The van der Waals surface area contributed by atoms with E-state index in [0.717, 1.165) is 31.6 Å². The molecule has 4 nitrogen and oxygen atoms in total. The van der Waals surface area contributed by atoms with Crippen LogP contribution in [0.1, 0.15) is 99.8 Å². The molecular weight excluding hydrogens is 376 g/mol. The van der Waals surface area contributed by atoms with Gasteiger partial charge in [0, 0.05) is 0 Å². The maximum absolute atomic E-state index is 13.2. The van der Waals surface area contributed by atoms with Gasteiger partial charge in [0.15, 0.2) is 0 Å². The molecule has 0 amide bonds. The summed E-state index contributed by atoms with van der Waals surface area (Å²) in [6.45, 7) is 15.8. The fraction of sp³-hybridized carbons (Fsp3) is 0.923. The van der Waals surface area contributed by atoms with Crippen LogP contribution < -0.4 is 0 Å². The summed E-state index contributed by atoms with van der Waals surface area (Å²) in [5.74, 6) is 0.323. The van der Waals surface area contributed by atoms with Crippen molar-refractivity contribution in [1.29, 1.82) is 0 Å². The molecule has 0 spiro atoms. The van der Waals surface area contributed by atoms with Crippen molar-refractivity contribution < 1.29 is 19.4 Å². The minimum absolute atomic E-state index is 0.0791. The highest BCUT2D eigenvalue weighted by molar-refractivity contribution is 5.81. The molecule has 30 heavy (non-hydrogen) atoms. The van der Waals surface area contributed by atoms with Gasteiger partial charge in [-0.1, -0.05) is 48.5 Å². The average Bonchev–Trinajstić information content (AvgIpc) is 2.66. The van der Waals surface area contributed by atoms with Crippen LogP contribution in [-0.4, -0.2) is 23.1 Å². The Morgan fingerprint density at radius 2 is 1.57 bits per heavy atom. The van der Waals surface area contributed by atoms with Gasteiger partial charge in [0.2, 0.25) is 0 Å². The molecule has 0 aromatic rings. The lowest BCUT2D eigenvalue weighted by molar-refractivity contribution is -0.168. The van der Waals surface area contributed by atoms with E-state index in [1.807, 2.05) is 0 Å². The molecule has 0 aromatic heterocycles. The molecule has 0 radical (unpaired) electrons.